The largest absolute Gasteiger partial charge is 0.476 e. The lowest BCUT2D eigenvalue weighted by Gasteiger charge is -2.21. The van der Waals surface area contributed by atoms with E-state index >= 15 is 0 Å². The van der Waals surface area contributed by atoms with Gasteiger partial charge in [-0.25, -0.2) is 9.48 Å². The first-order chi connectivity index (χ1) is 9.09. The van der Waals surface area contributed by atoms with Crippen LogP contribution in [0.2, 0.25) is 0 Å². The molecule has 1 heterocycles. The fourth-order valence-corrected chi connectivity index (χ4v) is 2.99. The third-order valence-electron chi connectivity index (χ3n) is 4.00. The van der Waals surface area contributed by atoms with Gasteiger partial charge >= 0.3 is 5.97 Å². The quantitative estimate of drug-likeness (QED) is 0.888. The van der Waals surface area contributed by atoms with Crippen molar-refractivity contribution in [2.75, 3.05) is 0 Å². The molecule has 0 bridgehead atoms. The molecule has 0 saturated heterocycles. The molecule has 106 valence electrons. The fraction of sp³-hybridized carbons (Fsp3) is 0.786. The van der Waals surface area contributed by atoms with Crippen LogP contribution in [-0.2, 0) is 6.54 Å². The van der Waals surface area contributed by atoms with E-state index in [1.807, 2.05) is 13.8 Å². The highest BCUT2D eigenvalue weighted by Crippen LogP contribution is 2.27. The number of carboxylic acids is 1. The first-order valence-corrected chi connectivity index (χ1v) is 7.26. The van der Waals surface area contributed by atoms with Crippen molar-refractivity contribution < 1.29 is 9.90 Å². The number of aryl methyl sites for hydroxylation is 1. The summed E-state index contributed by atoms with van der Waals surface area (Å²) >= 11 is 0. The highest BCUT2D eigenvalue weighted by molar-refractivity contribution is 5.86. The van der Waals surface area contributed by atoms with Crippen LogP contribution in [0.5, 0.6) is 0 Å². The molecule has 19 heavy (non-hydrogen) atoms. The van der Waals surface area contributed by atoms with Crippen LogP contribution in [0.3, 0.4) is 0 Å². The number of aromatic carboxylic acids is 1. The van der Waals surface area contributed by atoms with Crippen LogP contribution < -0.4 is 0 Å². The van der Waals surface area contributed by atoms with Gasteiger partial charge in [-0.05, 0) is 18.3 Å². The van der Waals surface area contributed by atoms with Gasteiger partial charge < -0.3 is 5.11 Å². The van der Waals surface area contributed by atoms with Crippen molar-refractivity contribution in [1.29, 1.82) is 0 Å². The average Bonchev–Trinajstić information content (AvgIpc) is 2.81. The third kappa shape index (κ3) is 3.33. The monoisotopic (exact) mass is 265 g/mol. The molecular formula is C14H23N3O2. The average molecular weight is 265 g/mol. The normalized spacial score (nSPS) is 17.0. The molecule has 1 N–H and O–H groups in total. The number of carboxylic acid groups (broad SMARTS) is 1. The van der Waals surface area contributed by atoms with Crippen molar-refractivity contribution >= 4 is 5.97 Å². The molecule has 5 nitrogen and oxygen atoms in total. The summed E-state index contributed by atoms with van der Waals surface area (Å²) in [6.45, 7) is 4.77. The summed E-state index contributed by atoms with van der Waals surface area (Å²) in [4.78, 5) is 11.1. The number of hydrogen-bond acceptors (Lipinski definition) is 3. The molecule has 0 spiro atoms. The van der Waals surface area contributed by atoms with Gasteiger partial charge in [0.15, 0.2) is 5.69 Å². The van der Waals surface area contributed by atoms with Crippen LogP contribution in [0.15, 0.2) is 0 Å². The minimum atomic E-state index is -0.979. The molecule has 0 radical (unpaired) electrons. The van der Waals surface area contributed by atoms with E-state index in [2.05, 4.69) is 10.3 Å². The highest BCUT2D eigenvalue weighted by Gasteiger charge is 2.22. The van der Waals surface area contributed by atoms with Crippen molar-refractivity contribution in [1.82, 2.24) is 15.0 Å². The molecule has 0 aliphatic heterocycles. The summed E-state index contributed by atoms with van der Waals surface area (Å²) in [6.07, 6.45) is 7.72. The van der Waals surface area contributed by atoms with Crippen LogP contribution >= 0.6 is 0 Å². The van der Waals surface area contributed by atoms with Crippen molar-refractivity contribution in [3.8, 4) is 0 Å². The van der Waals surface area contributed by atoms with Gasteiger partial charge in [-0.2, -0.15) is 0 Å². The van der Waals surface area contributed by atoms with Gasteiger partial charge in [-0.1, -0.05) is 51.2 Å². The van der Waals surface area contributed by atoms with Crippen LogP contribution in [0, 0.1) is 5.92 Å². The van der Waals surface area contributed by atoms with E-state index < -0.39 is 5.97 Å². The van der Waals surface area contributed by atoms with E-state index in [0.29, 0.717) is 0 Å². The minimum Gasteiger partial charge on any atom is -0.476 e. The Morgan fingerprint density at radius 1 is 1.37 bits per heavy atom. The SMILES string of the molecule is CC(C)c1c(C(=O)O)nnn1CCC1CCCCC1. The first kappa shape index (κ1) is 14.0. The van der Waals surface area contributed by atoms with Gasteiger partial charge in [0, 0.05) is 6.54 Å². The van der Waals surface area contributed by atoms with E-state index in [1.165, 1.54) is 32.1 Å². The zero-order valence-corrected chi connectivity index (χ0v) is 11.8. The zero-order valence-electron chi connectivity index (χ0n) is 11.8. The summed E-state index contributed by atoms with van der Waals surface area (Å²) in [5.41, 5.74) is 0.863. The Hall–Kier alpha value is -1.39. The molecule has 0 amide bonds. The maximum absolute atomic E-state index is 11.1. The molecule has 0 aromatic carbocycles. The smallest absolute Gasteiger partial charge is 0.358 e. The maximum atomic E-state index is 11.1. The Balaban J connectivity index is 2.05. The topological polar surface area (TPSA) is 68.0 Å². The highest BCUT2D eigenvalue weighted by atomic mass is 16.4. The number of rotatable bonds is 5. The minimum absolute atomic E-state index is 0.110. The van der Waals surface area contributed by atoms with Gasteiger partial charge in [0.25, 0.3) is 0 Å². The first-order valence-electron chi connectivity index (χ1n) is 7.26. The predicted octanol–water partition coefficient (Wildman–Crippen LogP) is 3.07. The summed E-state index contributed by atoms with van der Waals surface area (Å²) in [5, 5.41) is 17.0. The number of nitrogens with zero attached hydrogens (tertiary/aromatic N) is 3. The van der Waals surface area contributed by atoms with E-state index in [-0.39, 0.29) is 11.6 Å². The van der Waals surface area contributed by atoms with Crippen molar-refractivity contribution in [3.63, 3.8) is 0 Å². The van der Waals surface area contributed by atoms with Gasteiger partial charge in [0.2, 0.25) is 0 Å². The summed E-state index contributed by atoms with van der Waals surface area (Å²) in [6, 6.07) is 0. The van der Waals surface area contributed by atoms with Gasteiger partial charge in [0.05, 0.1) is 5.69 Å². The molecule has 2 rings (SSSR count). The third-order valence-corrected chi connectivity index (χ3v) is 4.00. The molecule has 1 aromatic rings. The van der Waals surface area contributed by atoms with Gasteiger partial charge in [0.1, 0.15) is 0 Å². The molecule has 1 aliphatic carbocycles. The van der Waals surface area contributed by atoms with Crippen molar-refractivity contribution in [3.05, 3.63) is 11.4 Å². The second kappa shape index (κ2) is 6.17. The Bertz CT molecular complexity index is 434. The lowest BCUT2D eigenvalue weighted by molar-refractivity contribution is 0.0688. The van der Waals surface area contributed by atoms with E-state index in [0.717, 1.165) is 24.6 Å². The molecule has 1 saturated carbocycles. The molecule has 5 heteroatoms. The molecule has 1 fully saturated rings. The summed E-state index contributed by atoms with van der Waals surface area (Å²) in [7, 11) is 0. The summed E-state index contributed by atoms with van der Waals surface area (Å²) in [5.74, 6) is -0.0775. The zero-order chi connectivity index (χ0) is 13.8. The van der Waals surface area contributed by atoms with E-state index in [1.54, 1.807) is 4.68 Å². The van der Waals surface area contributed by atoms with Crippen molar-refractivity contribution in [2.24, 2.45) is 5.92 Å². The van der Waals surface area contributed by atoms with Crippen LogP contribution in [-0.4, -0.2) is 26.1 Å². The second-order valence-electron chi connectivity index (χ2n) is 5.80. The predicted molar refractivity (Wildman–Crippen MR) is 72.3 cm³/mol. The Kier molecular flexibility index (Phi) is 4.56. The number of aromatic nitrogens is 3. The molecule has 1 aromatic heterocycles. The Labute approximate surface area is 114 Å². The van der Waals surface area contributed by atoms with Crippen LogP contribution in [0.1, 0.15) is 74.5 Å². The number of hydrogen-bond donors (Lipinski definition) is 1. The molecule has 0 unspecified atom stereocenters. The standard InChI is InChI=1S/C14H23N3O2/c1-10(2)13-12(14(18)19)15-16-17(13)9-8-11-6-4-3-5-7-11/h10-11H,3-9H2,1-2H3,(H,18,19). The Morgan fingerprint density at radius 2 is 2.05 bits per heavy atom. The molecule has 1 aliphatic rings. The fourth-order valence-electron chi connectivity index (χ4n) is 2.99. The lowest BCUT2D eigenvalue weighted by atomic mass is 9.87. The summed E-state index contributed by atoms with van der Waals surface area (Å²) < 4.78 is 1.79. The Morgan fingerprint density at radius 3 is 2.63 bits per heavy atom. The molecule has 0 atom stereocenters. The van der Waals surface area contributed by atoms with Gasteiger partial charge in [-0.3, -0.25) is 0 Å². The van der Waals surface area contributed by atoms with E-state index in [9.17, 15) is 4.79 Å². The van der Waals surface area contributed by atoms with Crippen molar-refractivity contribution in [2.45, 2.75) is 64.8 Å². The number of carbonyl (C=O) groups is 1. The molecular weight excluding hydrogens is 242 g/mol. The second-order valence-corrected chi connectivity index (χ2v) is 5.80. The van der Waals surface area contributed by atoms with Crippen LogP contribution in [0.4, 0.5) is 0 Å². The van der Waals surface area contributed by atoms with E-state index in [4.69, 9.17) is 5.11 Å². The van der Waals surface area contributed by atoms with Crippen LogP contribution in [0.25, 0.3) is 0 Å². The van der Waals surface area contributed by atoms with Gasteiger partial charge in [-0.15, -0.1) is 5.10 Å². The maximum Gasteiger partial charge on any atom is 0.358 e. The lowest BCUT2D eigenvalue weighted by Crippen LogP contribution is -2.14.